The second kappa shape index (κ2) is 6.99. The first-order valence-corrected chi connectivity index (χ1v) is 10.2. The molecule has 0 saturated heterocycles. The van der Waals surface area contributed by atoms with Crippen LogP contribution in [0.15, 0.2) is 0 Å². The van der Waals surface area contributed by atoms with Crippen molar-refractivity contribution >= 4 is 9.84 Å². The van der Waals surface area contributed by atoms with Gasteiger partial charge in [-0.05, 0) is 70.3 Å². The molecule has 1 rings (SSSR count). The van der Waals surface area contributed by atoms with Crippen LogP contribution in [0, 0.1) is 17.3 Å². The van der Waals surface area contributed by atoms with E-state index in [1.807, 2.05) is 0 Å². The Morgan fingerprint density at radius 2 is 1.81 bits per heavy atom. The lowest BCUT2D eigenvalue weighted by molar-refractivity contribution is 0.109. The highest BCUT2D eigenvalue weighted by atomic mass is 32.2. The number of rotatable bonds is 6. The Morgan fingerprint density at radius 1 is 1.19 bits per heavy atom. The molecule has 0 radical (unpaired) electrons. The zero-order chi connectivity index (χ0) is 16.3. The van der Waals surface area contributed by atoms with Gasteiger partial charge in [-0.15, -0.1) is 0 Å². The largest absolute Gasteiger partial charge is 0.312 e. The first-order chi connectivity index (χ1) is 9.44. The molecule has 1 aliphatic rings. The third-order valence-corrected chi connectivity index (χ3v) is 6.54. The first-order valence-electron chi connectivity index (χ1n) is 8.39. The van der Waals surface area contributed by atoms with Crippen molar-refractivity contribution < 1.29 is 8.42 Å². The molecule has 0 aromatic heterocycles. The predicted molar refractivity (Wildman–Crippen MR) is 91.3 cm³/mol. The fourth-order valence-corrected chi connectivity index (χ4v) is 4.26. The van der Waals surface area contributed by atoms with Crippen molar-refractivity contribution in [3.63, 3.8) is 0 Å². The molecule has 21 heavy (non-hydrogen) atoms. The van der Waals surface area contributed by atoms with Crippen molar-refractivity contribution in [3.05, 3.63) is 0 Å². The van der Waals surface area contributed by atoms with Crippen molar-refractivity contribution in [2.45, 2.75) is 72.8 Å². The van der Waals surface area contributed by atoms with Gasteiger partial charge in [-0.1, -0.05) is 20.8 Å². The van der Waals surface area contributed by atoms with Gasteiger partial charge in [0.15, 0.2) is 0 Å². The summed E-state index contributed by atoms with van der Waals surface area (Å²) in [4.78, 5) is 0. The lowest BCUT2D eigenvalue weighted by atomic mass is 9.66. The van der Waals surface area contributed by atoms with Crippen molar-refractivity contribution in [3.8, 4) is 0 Å². The van der Waals surface area contributed by atoms with Crippen LogP contribution < -0.4 is 5.32 Å². The van der Waals surface area contributed by atoms with Gasteiger partial charge in [0.05, 0.1) is 5.75 Å². The molecule has 1 saturated carbocycles. The Hall–Kier alpha value is -0.0900. The molecular weight excluding hydrogens is 282 g/mol. The summed E-state index contributed by atoms with van der Waals surface area (Å²) in [5.74, 6) is 1.78. The van der Waals surface area contributed by atoms with E-state index in [0.717, 1.165) is 19.4 Å². The van der Waals surface area contributed by atoms with Crippen LogP contribution in [0.1, 0.15) is 67.2 Å². The van der Waals surface area contributed by atoms with Crippen molar-refractivity contribution in [2.24, 2.45) is 17.3 Å². The molecule has 0 aromatic carbocycles. The SMILES string of the molecule is CCS(=O)(=O)CCC1CC(C)(C)CCC1CNC(C)(C)C. The van der Waals surface area contributed by atoms with Crippen LogP contribution in [-0.2, 0) is 9.84 Å². The molecule has 0 aromatic rings. The summed E-state index contributed by atoms with van der Waals surface area (Å²) in [5.41, 5.74) is 0.492. The summed E-state index contributed by atoms with van der Waals surface area (Å²) in [6.07, 6.45) is 4.45. The minimum Gasteiger partial charge on any atom is -0.312 e. The van der Waals surface area contributed by atoms with Crippen LogP contribution >= 0.6 is 0 Å². The summed E-state index contributed by atoms with van der Waals surface area (Å²) in [6.45, 7) is 14.0. The number of nitrogens with one attached hydrogen (secondary N) is 1. The van der Waals surface area contributed by atoms with E-state index >= 15 is 0 Å². The van der Waals surface area contributed by atoms with Crippen molar-refractivity contribution in [2.75, 3.05) is 18.1 Å². The van der Waals surface area contributed by atoms with E-state index in [9.17, 15) is 8.42 Å². The second-order valence-corrected chi connectivity index (χ2v) is 11.1. The molecule has 0 aliphatic heterocycles. The van der Waals surface area contributed by atoms with Crippen molar-refractivity contribution in [1.82, 2.24) is 5.32 Å². The van der Waals surface area contributed by atoms with E-state index in [2.05, 4.69) is 39.9 Å². The fourth-order valence-electron chi connectivity index (χ4n) is 3.31. The average Bonchev–Trinajstić information content (AvgIpc) is 2.33. The van der Waals surface area contributed by atoms with E-state index in [4.69, 9.17) is 0 Å². The molecule has 0 bridgehead atoms. The summed E-state index contributed by atoms with van der Waals surface area (Å²) in [5, 5.41) is 3.61. The zero-order valence-electron chi connectivity index (χ0n) is 14.8. The van der Waals surface area contributed by atoms with E-state index in [1.165, 1.54) is 12.8 Å². The van der Waals surface area contributed by atoms with Gasteiger partial charge in [0.1, 0.15) is 9.84 Å². The Morgan fingerprint density at radius 3 is 2.33 bits per heavy atom. The van der Waals surface area contributed by atoms with E-state index in [1.54, 1.807) is 6.92 Å². The van der Waals surface area contributed by atoms with Crippen LogP contribution in [0.5, 0.6) is 0 Å². The Balaban J connectivity index is 2.66. The molecule has 0 spiro atoms. The van der Waals surface area contributed by atoms with Gasteiger partial charge in [0.2, 0.25) is 0 Å². The van der Waals surface area contributed by atoms with E-state index < -0.39 is 9.84 Å². The maximum Gasteiger partial charge on any atom is 0.150 e. The number of hydrogen-bond acceptors (Lipinski definition) is 3. The lowest BCUT2D eigenvalue weighted by Crippen LogP contribution is -2.43. The predicted octanol–water partition coefficient (Wildman–Crippen LogP) is 3.64. The zero-order valence-corrected chi connectivity index (χ0v) is 15.6. The third-order valence-electron chi connectivity index (χ3n) is 4.81. The molecular formula is C17H35NO2S. The molecule has 1 fully saturated rings. The van der Waals surface area contributed by atoms with Gasteiger partial charge in [-0.3, -0.25) is 0 Å². The van der Waals surface area contributed by atoms with Gasteiger partial charge < -0.3 is 5.32 Å². The quantitative estimate of drug-likeness (QED) is 0.813. The smallest absolute Gasteiger partial charge is 0.150 e. The van der Waals surface area contributed by atoms with Gasteiger partial charge in [-0.25, -0.2) is 8.42 Å². The summed E-state index contributed by atoms with van der Waals surface area (Å²) in [7, 11) is -2.84. The summed E-state index contributed by atoms with van der Waals surface area (Å²) in [6, 6.07) is 0. The van der Waals surface area contributed by atoms with Gasteiger partial charge in [0.25, 0.3) is 0 Å². The summed E-state index contributed by atoms with van der Waals surface area (Å²) >= 11 is 0. The van der Waals surface area contributed by atoms with Crippen molar-refractivity contribution in [1.29, 1.82) is 0 Å². The maximum absolute atomic E-state index is 11.8. The Bertz CT molecular complexity index is 421. The fraction of sp³-hybridized carbons (Fsp3) is 1.00. The average molecular weight is 318 g/mol. The molecule has 0 amide bonds. The van der Waals surface area contributed by atoms with Crippen LogP contribution in [0.3, 0.4) is 0 Å². The highest BCUT2D eigenvalue weighted by Gasteiger charge is 2.35. The van der Waals surface area contributed by atoms with Crippen LogP contribution in [0.2, 0.25) is 0 Å². The van der Waals surface area contributed by atoms with Gasteiger partial charge in [-0.2, -0.15) is 0 Å². The monoisotopic (exact) mass is 317 g/mol. The highest BCUT2D eigenvalue weighted by Crippen LogP contribution is 2.43. The first kappa shape index (κ1) is 19.0. The molecule has 4 heteroatoms. The second-order valence-electron chi connectivity index (χ2n) is 8.58. The molecule has 2 atom stereocenters. The Labute approximate surface area is 132 Å². The maximum atomic E-state index is 11.8. The molecule has 3 nitrogen and oxygen atoms in total. The topological polar surface area (TPSA) is 46.2 Å². The molecule has 1 aliphatic carbocycles. The minimum atomic E-state index is -2.84. The van der Waals surface area contributed by atoms with Gasteiger partial charge in [0, 0.05) is 11.3 Å². The highest BCUT2D eigenvalue weighted by molar-refractivity contribution is 7.91. The van der Waals surface area contributed by atoms with Gasteiger partial charge >= 0.3 is 0 Å². The van der Waals surface area contributed by atoms with E-state index in [0.29, 0.717) is 23.0 Å². The minimum absolute atomic E-state index is 0.132. The molecule has 1 N–H and O–H groups in total. The number of hydrogen-bond donors (Lipinski definition) is 1. The standard InChI is InChI=1S/C17H35NO2S/c1-7-21(19,20)11-9-14-12-17(5,6)10-8-15(14)13-18-16(2,3)4/h14-15,18H,7-13H2,1-6H3. The Kier molecular flexibility index (Phi) is 6.31. The molecule has 0 heterocycles. The van der Waals surface area contributed by atoms with Crippen LogP contribution in [0.4, 0.5) is 0 Å². The normalized spacial score (nSPS) is 26.8. The molecule has 2 unspecified atom stereocenters. The third kappa shape index (κ3) is 7.14. The summed E-state index contributed by atoms with van der Waals surface area (Å²) < 4.78 is 23.6. The van der Waals surface area contributed by atoms with E-state index in [-0.39, 0.29) is 11.3 Å². The lowest BCUT2D eigenvalue weighted by Gasteiger charge is -2.42. The van der Waals surface area contributed by atoms with Crippen LogP contribution in [0.25, 0.3) is 0 Å². The molecule has 126 valence electrons. The van der Waals surface area contributed by atoms with Crippen LogP contribution in [-0.4, -0.2) is 32.0 Å². The number of sulfone groups is 1.